The van der Waals surface area contributed by atoms with Crippen LogP contribution < -0.4 is 14.5 Å². The molecule has 11 heteroatoms. The number of hydrogen-bond acceptors (Lipinski definition) is 7. The average molecular weight is 579 g/mol. The van der Waals surface area contributed by atoms with Crippen LogP contribution in [0.4, 0.5) is 25.1 Å². The van der Waals surface area contributed by atoms with Crippen molar-refractivity contribution in [3.8, 4) is 6.01 Å². The van der Waals surface area contributed by atoms with E-state index >= 15 is 0 Å². The molecule has 4 aliphatic heterocycles. The van der Waals surface area contributed by atoms with Crippen LogP contribution in [0.5, 0.6) is 6.01 Å². The van der Waals surface area contributed by atoms with Crippen molar-refractivity contribution in [2.24, 2.45) is 0 Å². The Balaban J connectivity index is 1.24. The van der Waals surface area contributed by atoms with Crippen LogP contribution in [0, 0.1) is 0 Å². The van der Waals surface area contributed by atoms with Gasteiger partial charge in [0.25, 0.3) is 6.43 Å². The van der Waals surface area contributed by atoms with Crippen LogP contribution in [0.3, 0.4) is 0 Å². The molecule has 42 heavy (non-hydrogen) atoms. The third-order valence-corrected chi connectivity index (χ3v) is 9.56. The number of alkyl halides is 2. The zero-order chi connectivity index (χ0) is 29.0. The Morgan fingerprint density at radius 3 is 2.57 bits per heavy atom. The molecule has 3 fully saturated rings. The van der Waals surface area contributed by atoms with Gasteiger partial charge in [0.05, 0.1) is 24.3 Å². The van der Waals surface area contributed by atoms with Crippen LogP contribution in [-0.2, 0) is 13.0 Å². The maximum absolute atomic E-state index is 13.9. The standard InChI is InChI=1S/C31H36F2N6O3/c1-36-11-4-6-23(36)18-42-30-34-26-17-37(27-14-20(28(32)33)13-19-5-2-3-7-24(19)27)12-10-25(26)29(35-30)38-15-21-8-9-22(16-38)39(21)31(40)41/h2-3,5,7,13-14,21-23,28H,4,6,8-12,15-18H2,1H3,(H,40,41)/t21-,22+,23?. The van der Waals surface area contributed by atoms with Crippen molar-refractivity contribution in [1.29, 1.82) is 0 Å². The van der Waals surface area contributed by atoms with E-state index in [1.165, 1.54) is 0 Å². The number of likely N-dealkylation sites (N-methyl/N-ethyl adjacent to an activating group) is 1. The number of likely N-dealkylation sites (tertiary alicyclic amines) is 1. The lowest BCUT2D eigenvalue weighted by atomic mass is 10.00. The first kappa shape index (κ1) is 27.1. The Kier molecular flexibility index (Phi) is 7.00. The number of hydrogen-bond donors (Lipinski definition) is 1. The minimum Gasteiger partial charge on any atom is -0.465 e. The molecule has 0 radical (unpaired) electrons. The third kappa shape index (κ3) is 4.87. The van der Waals surface area contributed by atoms with Gasteiger partial charge in [-0.15, -0.1) is 0 Å². The van der Waals surface area contributed by atoms with Crippen molar-refractivity contribution < 1.29 is 23.4 Å². The summed E-state index contributed by atoms with van der Waals surface area (Å²) in [6, 6.07) is 11.3. The molecule has 7 rings (SSSR count). The van der Waals surface area contributed by atoms with Crippen LogP contribution in [0.2, 0.25) is 0 Å². The van der Waals surface area contributed by atoms with Crippen molar-refractivity contribution in [3.63, 3.8) is 0 Å². The molecule has 3 saturated heterocycles. The molecule has 2 bridgehead atoms. The molecule has 4 aliphatic rings. The molecule has 0 spiro atoms. The fraction of sp³-hybridized carbons (Fsp3) is 0.516. The van der Waals surface area contributed by atoms with Crippen molar-refractivity contribution in [3.05, 3.63) is 53.2 Å². The highest BCUT2D eigenvalue weighted by Crippen LogP contribution is 2.39. The third-order valence-electron chi connectivity index (χ3n) is 9.56. The number of rotatable bonds is 6. The molecule has 3 atom stereocenters. The van der Waals surface area contributed by atoms with E-state index in [-0.39, 0.29) is 17.6 Å². The molecule has 0 saturated carbocycles. The van der Waals surface area contributed by atoms with E-state index in [0.717, 1.165) is 65.8 Å². The van der Waals surface area contributed by atoms with Crippen LogP contribution in [0.15, 0.2) is 36.4 Å². The number of benzene rings is 2. The summed E-state index contributed by atoms with van der Waals surface area (Å²) < 4.78 is 34.0. The number of aromatic nitrogens is 2. The Labute approximate surface area is 243 Å². The van der Waals surface area contributed by atoms with Gasteiger partial charge in [-0.3, -0.25) is 4.90 Å². The fourth-order valence-corrected chi connectivity index (χ4v) is 7.37. The van der Waals surface area contributed by atoms with Crippen LogP contribution in [-0.4, -0.2) is 88.9 Å². The largest absolute Gasteiger partial charge is 0.465 e. The molecule has 1 unspecified atom stereocenters. The molecule has 3 aromatic rings. The number of carboxylic acid groups (broad SMARTS) is 1. The normalized spacial score (nSPS) is 24.1. The summed E-state index contributed by atoms with van der Waals surface area (Å²) in [5, 5.41) is 11.5. The van der Waals surface area contributed by atoms with Crippen LogP contribution in [0.1, 0.15) is 48.9 Å². The summed E-state index contributed by atoms with van der Waals surface area (Å²) in [5.41, 5.74) is 2.65. The second kappa shape index (κ2) is 10.8. The molecule has 1 amide bonds. The lowest BCUT2D eigenvalue weighted by molar-refractivity contribution is 0.114. The van der Waals surface area contributed by atoms with Gasteiger partial charge in [0.15, 0.2) is 0 Å². The Morgan fingerprint density at radius 2 is 1.86 bits per heavy atom. The number of halogens is 2. The maximum atomic E-state index is 13.9. The van der Waals surface area contributed by atoms with Gasteiger partial charge < -0.3 is 24.5 Å². The summed E-state index contributed by atoms with van der Waals surface area (Å²) >= 11 is 0. The number of amides is 1. The summed E-state index contributed by atoms with van der Waals surface area (Å²) in [7, 11) is 2.10. The van der Waals surface area contributed by atoms with E-state index < -0.39 is 12.5 Å². The fourth-order valence-electron chi connectivity index (χ4n) is 7.37. The summed E-state index contributed by atoms with van der Waals surface area (Å²) in [5.74, 6) is 0.822. The molecule has 1 N–H and O–H groups in total. The summed E-state index contributed by atoms with van der Waals surface area (Å²) in [4.78, 5) is 30.0. The lowest BCUT2D eigenvalue weighted by Gasteiger charge is -2.41. The Morgan fingerprint density at radius 1 is 1.07 bits per heavy atom. The second-order valence-corrected chi connectivity index (χ2v) is 12.1. The zero-order valence-electron chi connectivity index (χ0n) is 23.8. The molecule has 222 valence electrons. The van der Waals surface area contributed by atoms with Gasteiger partial charge in [0, 0.05) is 47.9 Å². The number of ether oxygens (including phenoxy) is 1. The van der Waals surface area contributed by atoms with Crippen molar-refractivity contribution in [2.45, 2.75) is 63.2 Å². The van der Waals surface area contributed by atoms with Gasteiger partial charge in [-0.2, -0.15) is 9.97 Å². The minimum absolute atomic E-state index is 0.00866. The van der Waals surface area contributed by atoms with Crippen molar-refractivity contribution >= 4 is 28.4 Å². The van der Waals surface area contributed by atoms with Gasteiger partial charge in [-0.25, -0.2) is 13.6 Å². The number of nitrogens with zero attached hydrogens (tertiary/aromatic N) is 6. The quantitative estimate of drug-likeness (QED) is 0.441. The van der Waals surface area contributed by atoms with Crippen LogP contribution >= 0.6 is 0 Å². The molecule has 5 heterocycles. The van der Waals surface area contributed by atoms with Gasteiger partial charge in [-0.05, 0) is 63.2 Å². The molecular weight excluding hydrogens is 542 g/mol. The SMILES string of the molecule is CN1CCCC1COc1nc2c(c(N3C[C@H]4CC[C@@H](C3)N4C(=O)O)n1)CCN(c1cc(C(F)F)cc3ccccc13)C2. The van der Waals surface area contributed by atoms with E-state index in [0.29, 0.717) is 51.3 Å². The first-order chi connectivity index (χ1) is 20.4. The maximum Gasteiger partial charge on any atom is 0.407 e. The summed E-state index contributed by atoms with van der Waals surface area (Å²) in [6.07, 6.45) is 1.13. The topological polar surface area (TPSA) is 85.3 Å². The van der Waals surface area contributed by atoms with E-state index in [2.05, 4.69) is 21.7 Å². The highest BCUT2D eigenvalue weighted by atomic mass is 19.3. The minimum atomic E-state index is -2.56. The lowest BCUT2D eigenvalue weighted by Crippen LogP contribution is -2.56. The molecule has 9 nitrogen and oxygen atoms in total. The molecule has 2 aromatic carbocycles. The monoisotopic (exact) mass is 578 g/mol. The second-order valence-electron chi connectivity index (χ2n) is 12.1. The van der Waals surface area contributed by atoms with E-state index in [4.69, 9.17) is 14.7 Å². The van der Waals surface area contributed by atoms with Crippen molar-refractivity contribution in [2.75, 3.05) is 49.6 Å². The van der Waals surface area contributed by atoms with Gasteiger partial charge >= 0.3 is 12.1 Å². The van der Waals surface area contributed by atoms with E-state index in [1.807, 2.05) is 24.3 Å². The highest BCUT2D eigenvalue weighted by molar-refractivity contribution is 5.95. The van der Waals surface area contributed by atoms with Gasteiger partial charge in [0.1, 0.15) is 12.4 Å². The van der Waals surface area contributed by atoms with E-state index in [9.17, 15) is 18.7 Å². The highest BCUT2D eigenvalue weighted by Gasteiger charge is 2.44. The Hall–Kier alpha value is -3.73. The zero-order valence-corrected chi connectivity index (χ0v) is 23.8. The first-order valence-corrected chi connectivity index (χ1v) is 14.9. The number of carbonyl (C=O) groups is 1. The molecular formula is C31H36F2N6O3. The molecule has 0 aliphatic carbocycles. The Bertz CT molecular complexity index is 1490. The number of piperazine rings is 1. The number of fused-ring (bicyclic) bond motifs is 4. The number of anilines is 2. The summed E-state index contributed by atoms with van der Waals surface area (Å²) in [6.45, 7) is 3.79. The molecule has 1 aromatic heterocycles. The van der Waals surface area contributed by atoms with Gasteiger partial charge in [-0.1, -0.05) is 24.3 Å². The average Bonchev–Trinajstić information content (AvgIpc) is 3.53. The van der Waals surface area contributed by atoms with Crippen LogP contribution in [0.25, 0.3) is 10.8 Å². The predicted octanol–water partition coefficient (Wildman–Crippen LogP) is 4.93. The smallest absolute Gasteiger partial charge is 0.407 e. The van der Waals surface area contributed by atoms with Crippen molar-refractivity contribution in [1.82, 2.24) is 19.8 Å². The van der Waals surface area contributed by atoms with E-state index in [1.54, 1.807) is 17.0 Å². The predicted molar refractivity (Wildman–Crippen MR) is 156 cm³/mol. The van der Waals surface area contributed by atoms with Gasteiger partial charge in [0.2, 0.25) is 0 Å². The first-order valence-electron chi connectivity index (χ1n) is 14.9.